The maximum atomic E-state index is 10.2. The first-order valence-corrected chi connectivity index (χ1v) is 21.2. The van der Waals surface area contributed by atoms with Crippen LogP contribution < -0.4 is 10.4 Å². The highest BCUT2D eigenvalue weighted by Gasteiger charge is 2.40. The van der Waals surface area contributed by atoms with Gasteiger partial charge in [0.15, 0.2) is 0 Å². The van der Waals surface area contributed by atoms with Crippen molar-refractivity contribution < 1.29 is 17.8 Å². The molecule has 2 N–H and O–H groups in total. The fourth-order valence-corrected chi connectivity index (χ4v) is 16.1. The number of hydrogen-bond acceptors (Lipinski definition) is 4. The van der Waals surface area contributed by atoms with Crippen LogP contribution in [0.3, 0.4) is 0 Å². The molecule has 0 aliphatic rings. The van der Waals surface area contributed by atoms with Gasteiger partial charge in [0, 0.05) is 0 Å². The molecule has 2 aromatic carbocycles. The Morgan fingerprint density at radius 1 is 0.571 bits per heavy atom. The Labute approximate surface area is 173 Å². The molecule has 2 aromatic rings. The minimum atomic E-state index is -2.62. The van der Waals surface area contributed by atoms with Crippen molar-refractivity contribution in [3.63, 3.8) is 0 Å². The Morgan fingerprint density at radius 2 is 0.964 bits per heavy atom. The molecule has 0 aliphatic carbocycles. The lowest BCUT2D eigenvalue weighted by molar-refractivity contribution is 0.327. The molecule has 8 heteroatoms. The summed E-state index contributed by atoms with van der Waals surface area (Å²) in [6, 6.07) is 16.8. The largest absolute Gasteiger partial charge is 0.433 e. The van der Waals surface area contributed by atoms with Crippen molar-refractivity contribution in [2.75, 3.05) is 0 Å². The summed E-state index contributed by atoms with van der Waals surface area (Å²) in [5.74, 6) is 0. The molecule has 0 radical (unpaired) electrons. The van der Waals surface area contributed by atoms with Gasteiger partial charge in [-0.2, -0.15) is 0 Å². The predicted molar refractivity (Wildman–Crippen MR) is 128 cm³/mol. The topological polar surface area (TPSA) is 58.9 Å². The summed E-state index contributed by atoms with van der Waals surface area (Å²) in [6.07, 6.45) is 0. The van der Waals surface area contributed by atoms with E-state index < -0.39 is 33.8 Å². The van der Waals surface area contributed by atoms with Crippen LogP contribution in [0.25, 0.3) is 11.1 Å². The van der Waals surface area contributed by atoms with Crippen molar-refractivity contribution >= 4 is 44.1 Å². The molecule has 0 aliphatic heterocycles. The molecule has 0 bridgehead atoms. The summed E-state index contributed by atoms with van der Waals surface area (Å²) < 4.78 is 12.4. The smallest absolute Gasteiger partial charge is 0.320 e. The average Bonchev–Trinajstić information content (AvgIpc) is 2.51. The Bertz CT molecular complexity index is 789. The zero-order valence-corrected chi connectivity index (χ0v) is 22.3. The summed E-state index contributed by atoms with van der Waals surface area (Å²) >= 11 is 0. The van der Waals surface area contributed by atoms with E-state index in [1.807, 2.05) is 38.3 Å². The summed E-state index contributed by atoms with van der Waals surface area (Å²) in [5.41, 5.74) is 2.29. The van der Waals surface area contributed by atoms with Crippen LogP contribution in [0.15, 0.2) is 48.5 Å². The standard InChI is InChI=1S/C20H34O4Si4/c1-25(2,21)19-13-9-17(10-14-19)18-11-15-20(16-12-18)26(3,4)23-28(7,8)24-27(5,6)22/h9-16,21-22H,1-8H3. The molecule has 154 valence electrons. The predicted octanol–water partition coefficient (Wildman–Crippen LogP) is 3.60. The quantitative estimate of drug-likeness (QED) is 0.633. The molecule has 0 atom stereocenters. The molecule has 0 amide bonds. The zero-order chi connectivity index (χ0) is 21.4. The number of rotatable bonds is 7. The van der Waals surface area contributed by atoms with Crippen molar-refractivity contribution in [2.45, 2.75) is 52.4 Å². The van der Waals surface area contributed by atoms with Gasteiger partial charge >= 0.3 is 17.1 Å². The lowest BCUT2D eigenvalue weighted by atomic mass is 10.1. The van der Waals surface area contributed by atoms with Gasteiger partial charge < -0.3 is 17.8 Å². The van der Waals surface area contributed by atoms with Gasteiger partial charge in [-0.3, -0.25) is 0 Å². The zero-order valence-electron chi connectivity index (χ0n) is 18.3. The molecule has 2 rings (SSSR count). The van der Waals surface area contributed by atoms with Crippen LogP contribution >= 0.6 is 0 Å². The molecule has 28 heavy (non-hydrogen) atoms. The first kappa shape index (κ1) is 23.4. The highest BCUT2D eigenvalue weighted by atomic mass is 28.5. The summed E-state index contributed by atoms with van der Waals surface area (Å²) in [4.78, 5) is 20.4. The summed E-state index contributed by atoms with van der Waals surface area (Å²) in [5, 5.41) is 2.25. The van der Waals surface area contributed by atoms with E-state index in [4.69, 9.17) is 8.23 Å². The third kappa shape index (κ3) is 6.60. The van der Waals surface area contributed by atoms with Gasteiger partial charge in [-0.1, -0.05) is 48.5 Å². The third-order valence-corrected chi connectivity index (χ3v) is 15.9. The van der Waals surface area contributed by atoms with E-state index in [0.29, 0.717) is 0 Å². The second kappa shape index (κ2) is 8.11. The molecule has 0 spiro atoms. The van der Waals surface area contributed by atoms with E-state index in [1.165, 1.54) is 5.19 Å². The van der Waals surface area contributed by atoms with Gasteiger partial charge in [-0.15, -0.1) is 0 Å². The van der Waals surface area contributed by atoms with E-state index in [9.17, 15) is 9.59 Å². The molecule has 4 nitrogen and oxygen atoms in total. The molecule has 0 unspecified atom stereocenters. The molecule has 0 fully saturated rings. The SMILES string of the molecule is C[Si](C)(O)O[Si](C)(C)O[Si](C)(C)c1ccc(-c2ccc([Si](C)(C)O)cc2)cc1. The summed E-state index contributed by atoms with van der Waals surface area (Å²) in [7, 11) is -9.44. The van der Waals surface area contributed by atoms with Crippen molar-refractivity contribution in [3.05, 3.63) is 48.5 Å². The van der Waals surface area contributed by atoms with Gasteiger partial charge in [0.05, 0.1) is 0 Å². The van der Waals surface area contributed by atoms with E-state index in [-0.39, 0.29) is 0 Å². The Kier molecular flexibility index (Phi) is 6.79. The molecular formula is C20H34O4Si4. The lowest BCUT2D eigenvalue weighted by Gasteiger charge is -2.36. The molecule has 0 saturated heterocycles. The second-order valence-corrected chi connectivity index (χ2v) is 23.9. The Balaban J connectivity index is 2.19. The highest BCUT2D eigenvalue weighted by Crippen LogP contribution is 2.22. The normalized spacial score (nSPS) is 13.6. The van der Waals surface area contributed by atoms with Crippen molar-refractivity contribution in [3.8, 4) is 11.1 Å². The monoisotopic (exact) mass is 450 g/mol. The molecule has 0 aromatic heterocycles. The van der Waals surface area contributed by atoms with Gasteiger partial charge in [-0.05, 0) is 73.9 Å². The van der Waals surface area contributed by atoms with Crippen molar-refractivity contribution in [2.24, 2.45) is 0 Å². The van der Waals surface area contributed by atoms with Crippen LogP contribution in [0.5, 0.6) is 0 Å². The fraction of sp³-hybridized carbons (Fsp3) is 0.400. The first-order valence-electron chi connectivity index (χ1n) is 9.66. The maximum absolute atomic E-state index is 10.2. The average molecular weight is 451 g/mol. The fourth-order valence-electron chi connectivity index (χ4n) is 3.43. The minimum absolute atomic E-state index is 1.04. The van der Waals surface area contributed by atoms with E-state index >= 15 is 0 Å². The van der Waals surface area contributed by atoms with Crippen LogP contribution in [0.4, 0.5) is 0 Å². The molecule has 0 saturated carbocycles. The third-order valence-electron chi connectivity index (χ3n) is 4.50. The maximum Gasteiger partial charge on any atom is 0.320 e. The highest BCUT2D eigenvalue weighted by molar-refractivity contribution is 6.92. The van der Waals surface area contributed by atoms with E-state index in [0.717, 1.165) is 16.3 Å². The first-order chi connectivity index (χ1) is 12.6. The Hall–Kier alpha value is -0.852. The van der Waals surface area contributed by atoms with Gasteiger partial charge in [-0.25, -0.2) is 0 Å². The molecular weight excluding hydrogens is 417 g/mol. The number of hydrogen-bond donors (Lipinski definition) is 2. The van der Waals surface area contributed by atoms with Crippen LogP contribution in [-0.2, 0) is 8.23 Å². The minimum Gasteiger partial charge on any atom is -0.433 e. The Morgan fingerprint density at radius 3 is 1.32 bits per heavy atom. The van der Waals surface area contributed by atoms with Crippen molar-refractivity contribution in [1.82, 2.24) is 0 Å². The summed E-state index contributed by atoms with van der Waals surface area (Å²) in [6.45, 7) is 15.8. The molecule has 0 heterocycles. The van der Waals surface area contributed by atoms with Crippen molar-refractivity contribution in [1.29, 1.82) is 0 Å². The van der Waals surface area contributed by atoms with E-state index in [1.54, 1.807) is 13.1 Å². The second-order valence-electron chi connectivity index (χ2n) is 9.27. The van der Waals surface area contributed by atoms with Crippen LogP contribution in [0, 0.1) is 0 Å². The van der Waals surface area contributed by atoms with E-state index in [2.05, 4.69) is 49.5 Å². The van der Waals surface area contributed by atoms with Crippen LogP contribution in [0.2, 0.25) is 52.4 Å². The van der Waals surface area contributed by atoms with Crippen LogP contribution in [-0.4, -0.2) is 43.3 Å². The van der Waals surface area contributed by atoms with Crippen LogP contribution in [0.1, 0.15) is 0 Å². The van der Waals surface area contributed by atoms with Gasteiger partial charge in [0.2, 0.25) is 16.6 Å². The lowest BCUT2D eigenvalue weighted by Crippen LogP contribution is -2.57. The number of benzene rings is 2. The van der Waals surface area contributed by atoms with Gasteiger partial charge in [0.25, 0.3) is 0 Å². The van der Waals surface area contributed by atoms with Gasteiger partial charge in [0.1, 0.15) is 0 Å².